The van der Waals surface area contributed by atoms with Crippen LogP contribution in [0.15, 0.2) is 77.8 Å². The second-order valence-corrected chi connectivity index (χ2v) is 5.73. The largest absolute Gasteiger partial charge is 0.497 e. The van der Waals surface area contributed by atoms with Gasteiger partial charge in [0.15, 0.2) is 0 Å². The monoisotopic (exact) mass is 345 g/mol. The van der Waals surface area contributed by atoms with E-state index in [1.165, 1.54) is 0 Å². The van der Waals surface area contributed by atoms with Gasteiger partial charge in [-0.2, -0.15) is 0 Å². The van der Waals surface area contributed by atoms with Gasteiger partial charge in [0.25, 0.3) is 0 Å². The van der Waals surface area contributed by atoms with Gasteiger partial charge in [0, 0.05) is 6.21 Å². The number of benzene rings is 3. The first-order valence-corrected chi connectivity index (χ1v) is 8.22. The van der Waals surface area contributed by atoms with Gasteiger partial charge >= 0.3 is 5.97 Å². The van der Waals surface area contributed by atoms with E-state index in [2.05, 4.69) is 4.99 Å². The lowest BCUT2D eigenvalue weighted by Crippen LogP contribution is -2.08. The third kappa shape index (κ3) is 4.36. The van der Waals surface area contributed by atoms with Crippen molar-refractivity contribution in [3.8, 4) is 11.5 Å². The molecule has 0 saturated heterocycles. The molecule has 0 aliphatic heterocycles. The normalized spacial score (nSPS) is 10.7. The van der Waals surface area contributed by atoms with Crippen LogP contribution >= 0.6 is 0 Å². The minimum absolute atomic E-state index is 0.408. The van der Waals surface area contributed by atoms with Gasteiger partial charge < -0.3 is 9.47 Å². The van der Waals surface area contributed by atoms with E-state index in [0.717, 1.165) is 16.8 Å². The van der Waals surface area contributed by atoms with Gasteiger partial charge in [-0.1, -0.05) is 18.2 Å². The van der Waals surface area contributed by atoms with Crippen LogP contribution < -0.4 is 9.47 Å². The van der Waals surface area contributed by atoms with E-state index in [1.807, 2.05) is 43.3 Å². The Morgan fingerprint density at radius 3 is 2.19 bits per heavy atom. The van der Waals surface area contributed by atoms with Crippen LogP contribution in [0.5, 0.6) is 11.5 Å². The van der Waals surface area contributed by atoms with E-state index in [9.17, 15) is 4.79 Å². The summed E-state index contributed by atoms with van der Waals surface area (Å²) in [6, 6.07) is 21.9. The van der Waals surface area contributed by atoms with Crippen LogP contribution in [-0.2, 0) is 0 Å². The van der Waals surface area contributed by atoms with E-state index in [-0.39, 0.29) is 0 Å². The molecule has 3 rings (SSSR count). The maximum Gasteiger partial charge on any atom is 0.343 e. The fraction of sp³-hybridized carbons (Fsp3) is 0.0909. The van der Waals surface area contributed by atoms with E-state index >= 15 is 0 Å². The van der Waals surface area contributed by atoms with E-state index < -0.39 is 5.97 Å². The third-order valence-corrected chi connectivity index (χ3v) is 3.88. The molecule has 0 saturated carbocycles. The molecule has 26 heavy (non-hydrogen) atoms. The molecule has 4 heteroatoms. The fourth-order valence-corrected chi connectivity index (χ4v) is 2.37. The number of ether oxygens (including phenoxy) is 2. The van der Waals surface area contributed by atoms with Gasteiger partial charge in [-0.3, -0.25) is 4.99 Å². The Bertz CT molecular complexity index is 913. The smallest absolute Gasteiger partial charge is 0.343 e. The molecule has 3 aromatic carbocycles. The van der Waals surface area contributed by atoms with Crippen LogP contribution in [0.4, 0.5) is 5.69 Å². The summed E-state index contributed by atoms with van der Waals surface area (Å²) in [4.78, 5) is 16.6. The second kappa shape index (κ2) is 8.12. The van der Waals surface area contributed by atoms with Gasteiger partial charge in [0.2, 0.25) is 0 Å². The minimum Gasteiger partial charge on any atom is -0.497 e. The number of carbonyl (C=O) groups excluding carboxylic acids is 1. The van der Waals surface area contributed by atoms with Crippen molar-refractivity contribution in [2.24, 2.45) is 4.99 Å². The SMILES string of the molecule is COc1ccc(C(=O)Oc2ccc(C=Nc3ccccc3C)cc2)cc1. The van der Waals surface area contributed by atoms with Crippen molar-refractivity contribution in [3.63, 3.8) is 0 Å². The lowest BCUT2D eigenvalue weighted by molar-refractivity contribution is 0.0734. The van der Waals surface area contributed by atoms with Crippen LogP contribution in [0.2, 0.25) is 0 Å². The minimum atomic E-state index is -0.408. The number of rotatable bonds is 5. The van der Waals surface area contributed by atoms with Gasteiger partial charge in [-0.25, -0.2) is 4.79 Å². The highest BCUT2D eigenvalue weighted by molar-refractivity contribution is 5.91. The zero-order valence-electron chi connectivity index (χ0n) is 14.7. The van der Waals surface area contributed by atoms with Crippen molar-refractivity contribution in [2.45, 2.75) is 6.92 Å². The highest BCUT2D eigenvalue weighted by Gasteiger charge is 2.08. The molecule has 0 aliphatic rings. The summed E-state index contributed by atoms with van der Waals surface area (Å²) in [7, 11) is 1.58. The number of esters is 1. The number of carbonyl (C=O) groups is 1. The molecular weight excluding hydrogens is 326 g/mol. The molecule has 0 unspecified atom stereocenters. The number of methoxy groups -OCH3 is 1. The van der Waals surface area contributed by atoms with Gasteiger partial charge in [-0.05, 0) is 72.6 Å². The van der Waals surface area contributed by atoms with Crippen molar-refractivity contribution in [1.82, 2.24) is 0 Å². The summed E-state index contributed by atoms with van der Waals surface area (Å²) in [5.74, 6) is 0.770. The molecule has 0 aromatic heterocycles. The van der Waals surface area contributed by atoms with Crippen molar-refractivity contribution in [3.05, 3.63) is 89.5 Å². The Morgan fingerprint density at radius 1 is 0.885 bits per heavy atom. The number of aryl methyl sites for hydroxylation is 1. The lowest BCUT2D eigenvalue weighted by atomic mass is 10.2. The summed E-state index contributed by atoms with van der Waals surface area (Å²) in [6.07, 6.45) is 1.79. The fourth-order valence-electron chi connectivity index (χ4n) is 2.37. The zero-order valence-corrected chi connectivity index (χ0v) is 14.7. The van der Waals surface area contributed by atoms with Crippen molar-refractivity contribution in [1.29, 1.82) is 0 Å². The predicted octanol–water partition coefficient (Wildman–Crippen LogP) is 4.97. The second-order valence-electron chi connectivity index (χ2n) is 5.73. The Hall–Kier alpha value is -3.40. The quantitative estimate of drug-likeness (QED) is 0.372. The van der Waals surface area contributed by atoms with Crippen LogP contribution in [0.1, 0.15) is 21.5 Å². The molecule has 0 radical (unpaired) electrons. The number of hydrogen-bond donors (Lipinski definition) is 0. The maximum absolute atomic E-state index is 12.2. The molecule has 0 bridgehead atoms. The summed E-state index contributed by atoms with van der Waals surface area (Å²) in [6.45, 7) is 2.02. The van der Waals surface area contributed by atoms with Crippen molar-refractivity contribution >= 4 is 17.9 Å². The number of aliphatic imine (C=N–C) groups is 1. The Balaban J connectivity index is 1.65. The van der Waals surface area contributed by atoms with E-state index in [0.29, 0.717) is 17.1 Å². The standard InChI is InChI=1S/C22H19NO3/c1-16-5-3-4-6-21(16)23-15-17-7-11-20(12-8-17)26-22(24)18-9-13-19(25-2)14-10-18/h3-15H,1-2H3. The van der Waals surface area contributed by atoms with Crippen LogP contribution in [0.25, 0.3) is 0 Å². The first kappa shape index (κ1) is 17.4. The first-order valence-electron chi connectivity index (χ1n) is 8.22. The Morgan fingerprint density at radius 2 is 1.54 bits per heavy atom. The zero-order chi connectivity index (χ0) is 18.4. The summed E-state index contributed by atoms with van der Waals surface area (Å²) in [5, 5.41) is 0. The first-order chi connectivity index (χ1) is 12.7. The molecule has 3 aromatic rings. The molecule has 0 amide bonds. The van der Waals surface area contributed by atoms with Crippen molar-refractivity contribution in [2.75, 3.05) is 7.11 Å². The van der Waals surface area contributed by atoms with Crippen LogP contribution in [-0.4, -0.2) is 19.3 Å². The maximum atomic E-state index is 12.2. The van der Waals surface area contributed by atoms with Crippen LogP contribution in [0.3, 0.4) is 0 Å². The number of hydrogen-bond acceptors (Lipinski definition) is 4. The molecule has 0 atom stereocenters. The molecule has 0 fully saturated rings. The number of para-hydroxylation sites is 1. The molecule has 0 heterocycles. The van der Waals surface area contributed by atoms with Gasteiger partial charge in [-0.15, -0.1) is 0 Å². The average molecular weight is 345 g/mol. The molecule has 130 valence electrons. The summed E-state index contributed by atoms with van der Waals surface area (Å²) in [5.41, 5.74) is 3.45. The highest BCUT2D eigenvalue weighted by Crippen LogP contribution is 2.18. The highest BCUT2D eigenvalue weighted by atomic mass is 16.5. The Kier molecular flexibility index (Phi) is 5.44. The van der Waals surface area contributed by atoms with E-state index in [1.54, 1.807) is 49.7 Å². The lowest BCUT2D eigenvalue weighted by Gasteiger charge is -2.05. The summed E-state index contributed by atoms with van der Waals surface area (Å²) < 4.78 is 10.5. The average Bonchev–Trinajstić information content (AvgIpc) is 2.68. The Labute approximate surface area is 152 Å². The molecule has 0 aliphatic carbocycles. The van der Waals surface area contributed by atoms with Gasteiger partial charge in [0.05, 0.1) is 18.4 Å². The van der Waals surface area contributed by atoms with E-state index in [4.69, 9.17) is 9.47 Å². The number of nitrogens with zero attached hydrogens (tertiary/aromatic N) is 1. The molecule has 0 spiro atoms. The van der Waals surface area contributed by atoms with Crippen LogP contribution in [0, 0.1) is 6.92 Å². The molecule has 0 N–H and O–H groups in total. The third-order valence-electron chi connectivity index (χ3n) is 3.88. The van der Waals surface area contributed by atoms with Crippen molar-refractivity contribution < 1.29 is 14.3 Å². The predicted molar refractivity (Wildman–Crippen MR) is 103 cm³/mol. The molecular formula is C22H19NO3. The topological polar surface area (TPSA) is 47.9 Å². The molecule has 4 nitrogen and oxygen atoms in total. The summed E-state index contributed by atoms with van der Waals surface area (Å²) >= 11 is 0. The van der Waals surface area contributed by atoms with Gasteiger partial charge in [0.1, 0.15) is 11.5 Å².